The van der Waals surface area contributed by atoms with Crippen molar-refractivity contribution >= 4 is 0 Å². The van der Waals surface area contributed by atoms with Crippen LogP contribution >= 0.6 is 0 Å². The van der Waals surface area contributed by atoms with Gasteiger partial charge in [-0.15, -0.1) is 0 Å². The summed E-state index contributed by atoms with van der Waals surface area (Å²) < 4.78 is 5.52. The zero-order valence-corrected chi connectivity index (χ0v) is 10.5. The van der Waals surface area contributed by atoms with Crippen molar-refractivity contribution in [2.75, 3.05) is 6.54 Å². The summed E-state index contributed by atoms with van der Waals surface area (Å²) in [4.78, 5) is 3.28. The highest BCUT2D eigenvalue weighted by molar-refractivity contribution is 5.30. The van der Waals surface area contributed by atoms with Crippen LogP contribution in [0, 0.1) is 0 Å². The molecule has 2 heterocycles. The molecule has 3 heteroatoms. The minimum atomic E-state index is 0.207. The predicted molar refractivity (Wildman–Crippen MR) is 69.0 cm³/mol. The Bertz CT molecular complexity index is 431. The average Bonchev–Trinajstić information content (AvgIpc) is 3.00. The number of hydrogen-bond donors (Lipinski definition) is 2. The third kappa shape index (κ3) is 2.61. The molecule has 0 aliphatic rings. The van der Waals surface area contributed by atoms with E-state index in [0.717, 1.165) is 25.1 Å². The van der Waals surface area contributed by atoms with Crippen LogP contribution in [-0.4, -0.2) is 11.5 Å². The number of aryl methyl sites for hydroxylation is 1. The fourth-order valence-electron chi connectivity index (χ4n) is 2.10. The maximum absolute atomic E-state index is 5.52. The zero-order valence-electron chi connectivity index (χ0n) is 10.5. The number of furan rings is 1. The van der Waals surface area contributed by atoms with Crippen molar-refractivity contribution < 1.29 is 4.42 Å². The van der Waals surface area contributed by atoms with Crippen LogP contribution in [0.4, 0.5) is 0 Å². The van der Waals surface area contributed by atoms with E-state index in [1.165, 1.54) is 11.3 Å². The van der Waals surface area contributed by atoms with Crippen LogP contribution in [0.15, 0.2) is 35.1 Å². The number of nitrogens with one attached hydrogen (secondary N) is 2. The van der Waals surface area contributed by atoms with E-state index in [1.54, 1.807) is 6.26 Å². The van der Waals surface area contributed by atoms with Crippen LogP contribution in [0.25, 0.3) is 0 Å². The van der Waals surface area contributed by atoms with Crippen LogP contribution in [-0.2, 0) is 6.42 Å². The van der Waals surface area contributed by atoms with Crippen LogP contribution in [0.1, 0.15) is 43.3 Å². The molecule has 2 aromatic rings. The van der Waals surface area contributed by atoms with Crippen molar-refractivity contribution in [3.63, 3.8) is 0 Å². The summed E-state index contributed by atoms with van der Waals surface area (Å²) in [6.07, 6.45) is 5.78. The Hall–Kier alpha value is -1.48. The maximum Gasteiger partial charge on any atom is 0.108 e. The van der Waals surface area contributed by atoms with Gasteiger partial charge in [0.2, 0.25) is 0 Å². The Morgan fingerprint density at radius 1 is 1.35 bits per heavy atom. The van der Waals surface area contributed by atoms with Gasteiger partial charge in [-0.2, -0.15) is 0 Å². The van der Waals surface area contributed by atoms with Crippen LogP contribution in [0.3, 0.4) is 0 Å². The Balaban J connectivity index is 2.27. The number of rotatable bonds is 6. The molecule has 0 aliphatic heterocycles. The Morgan fingerprint density at radius 3 is 2.88 bits per heavy atom. The van der Waals surface area contributed by atoms with Gasteiger partial charge in [-0.1, -0.05) is 13.8 Å². The third-order valence-corrected chi connectivity index (χ3v) is 2.94. The van der Waals surface area contributed by atoms with Crippen LogP contribution in [0.2, 0.25) is 0 Å². The Morgan fingerprint density at radius 2 is 2.24 bits per heavy atom. The average molecular weight is 232 g/mol. The summed E-state index contributed by atoms with van der Waals surface area (Å²) in [6.45, 7) is 5.29. The second-order valence-electron chi connectivity index (χ2n) is 4.17. The van der Waals surface area contributed by atoms with E-state index in [4.69, 9.17) is 4.42 Å². The zero-order chi connectivity index (χ0) is 12.1. The van der Waals surface area contributed by atoms with Gasteiger partial charge in [0.15, 0.2) is 0 Å². The quantitative estimate of drug-likeness (QED) is 0.802. The smallest absolute Gasteiger partial charge is 0.108 e. The molecular formula is C14H20N2O. The molecule has 2 aromatic heterocycles. The SMILES string of the molecule is CCCNC(c1ccc[nH]1)c1ccoc1CC. The molecule has 0 aromatic carbocycles. The summed E-state index contributed by atoms with van der Waals surface area (Å²) in [7, 11) is 0. The summed E-state index contributed by atoms with van der Waals surface area (Å²) in [5.74, 6) is 1.06. The minimum Gasteiger partial charge on any atom is -0.469 e. The molecule has 2 N–H and O–H groups in total. The van der Waals surface area contributed by atoms with Crippen molar-refractivity contribution in [2.24, 2.45) is 0 Å². The molecule has 0 saturated heterocycles. The summed E-state index contributed by atoms with van der Waals surface area (Å²) in [5.41, 5.74) is 2.43. The molecule has 1 unspecified atom stereocenters. The van der Waals surface area contributed by atoms with Gasteiger partial charge in [-0.05, 0) is 31.2 Å². The number of aromatic amines is 1. The third-order valence-electron chi connectivity index (χ3n) is 2.94. The second kappa shape index (κ2) is 5.73. The van der Waals surface area contributed by atoms with Gasteiger partial charge in [0.05, 0.1) is 12.3 Å². The van der Waals surface area contributed by atoms with Gasteiger partial charge in [-0.25, -0.2) is 0 Å². The molecule has 0 amide bonds. The molecule has 2 rings (SSSR count). The van der Waals surface area contributed by atoms with Crippen molar-refractivity contribution in [2.45, 2.75) is 32.7 Å². The molecule has 3 nitrogen and oxygen atoms in total. The van der Waals surface area contributed by atoms with Gasteiger partial charge >= 0.3 is 0 Å². The van der Waals surface area contributed by atoms with E-state index < -0.39 is 0 Å². The first-order chi connectivity index (χ1) is 8.36. The molecule has 1 atom stereocenters. The fourth-order valence-corrected chi connectivity index (χ4v) is 2.10. The standard InChI is InChI=1S/C14H20N2O/c1-3-8-16-14(12-6-5-9-15-12)11-7-10-17-13(11)4-2/h5-7,9-10,14-16H,3-4,8H2,1-2H3. The van der Waals surface area contributed by atoms with Gasteiger partial charge < -0.3 is 14.7 Å². The normalized spacial score (nSPS) is 12.8. The first kappa shape index (κ1) is 12.0. The first-order valence-electron chi connectivity index (χ1n) is 6.29. The largest absolute Gasteiger partial charge is 0.469 e. The molecule has 0 saturated carbocycles. The molecule has 0 fully saturated rings. The maximum atomic E-state index is 5.52. The fraction of sp³-hybridized carbons (Fsp3) is 0.429. The molecular weight excluding hydrogens is 212 g/mol. The molecule has 0 aliphatic carbocycles. The van der Waals surface area contributed by atoms with E-state index in [2.05, 4.69) is 36.3 Å². The second-order valence-corrected chi connectivity index (χ2v) is 4.17. The predicted octanol–water partition coefficient (Wildman–Crippen LogP) is 3.26. The monoisotopic (exact) mass is 232 g/mol. The van der Waals surface area contributed by atoms with Crippen molar-refractivity contribution in [3.8, 4) is 0 Å². The van der Waals surface area contributed by atoms with Crippen molar-refractivity contribution in [1.82, 2.24) is 10.3 Å². The minimum absolute atomic E-state index is 0.207. The topological polar surface area (TPSA) is 41.0 Å². The number of aromatic nitrogens is 1. The highest BCUT2D eigenvalue weighted by atomic mass is 16.3. The molecule has 0 spiro atoms. The van der Waals surface area contributed by atoms with Gasteiger partial charge in [0, 0.05) is 23.9 Å². The van der Waals surface area contributed by atoms with E-state index in [0.29, 0.717) is 0 Å². The summed E-state index contributed by atoms with van der Waals surface area (Å²) in [6, 6.07) is 6.41. The lowest BCUT2D eigenvalue weighted by molar-refractivity contribution is 0.498. The summed E-state index contributed by atoms with van der Waals surface area (Å²) >= 11 is 0. The van der Waals surface area contributed by atoms with E-state index in [1.807, 2.05) is 12.3 Å². The molecule has 0 bridgehead atoms. The van der Waals surface area contributed by atoms with E-state index in [-0.39, 0.29) is 6.04 Å². The number of H-pyrrole nitrogens is 1. The molecule has 17 heavy (non-hydrogen) atoms. The van der Waals surface area contributed by atoms with E-state index >= 15 is 0 Å². The van der Waals surface area contributed by atoms with Crippen LogP contribution in [0.5, 0.6) is 0 Å². The van der Waals surface area contributed by atoms with Crippen molar-refractivity contribution in [3.05, 3.63) is 47.7 Å². The number of hydrogen-bond acceptors (Lipinski definition) is 2. The Kier molecular flexibility index (Phi) is 4.04. The van der Waals surface area contributed by atoms with Gasteiger partial charge in [0.25, 0.3) is 0 Å². The van der Waals surface area contributed by atoms with Crippen LogP contribution < -0.4 is 5.32 Å². The Labute approximate surface area is 102 Å². The van der Waals surface area contributed by atoms with E-state index in [9.17, 15) is 0 Å². The van der Waals surface area contributed by atoms with Gasteiger partial charge in [-0.3, -0.25) is 0 Å². The van der Waals surface area contributed by atoms with Gasteiger partial charge in [0.1, 0.15) is 5.76 Å². The first-order valence-corrected chi connectivity index (χ1v) is 6.29. The lowest BCUT2D eigenvalue weighted by Gasteiger charge is -2.17. The lowest BCUT2D eigenvalue weighted by Crippen LogP contribution is -2.23. The highest BCUT2D eigenvalue weighted by Crippen LogP contribution is 2.25. The highest BCUT2D eigenvalue weighted by Gasteiger charge is 2.18. The lowest BCUT2D eigenvalue weighted by atomic mass is 10.0. The molecule has 92 valence electrons. The van der Waals surface area contributed by atoms with Crippen molar-refractivity contribution in [1.29, 1.82) is 0 Å². The molecule has 0 radical (unpaired) electrons. The summed E-state index contributed by atoms with van der Waals surface area (Å²) in [5, 5.41) is 3.56.